The van der Waals surface area contributed by atoms with Crippen LogP contribution in [0.25, 0.3) is 17.0 Å². The summed E-state index contributed by atoms with van der Waals surface area (Å²) in [6, 6.07) is 20.4. The maximum Gasteiger partial charge on any atom is 0.349 e. The number of benzene rings is 3. The van der Waals surface area contributed by atoms with Crippen molar-refractivity contribution in [2.75, 3.05) is 14.2 Å². The third-order valence-corrected chi connectivity index (χ3v) is 5.64. The van der Waals surface area contributed by atoms with Crippen molar-refractivity contribution in [3.8, 4) is 17.2 Å². The SMILES string of the molecule is COc1ccc(/C=C/C(=O)Oc2ccc3cc(C(=O)NC(C)c4ccccc4)c(=O)oc3c2)cc1OC. The predicted molar refractivity (Wildman–Crippen MR) is 139 cm³/mol. The molecule has 1 N–H and O–H groups in total. The highest BCUT2D eigenvalue weighted by molar-refractivity contribution is 5.97. The predicted octanol–water partition coefficient (Wildman–Crippen LogP) is 4.92. The molecule has 8 heteroatoms. The maximum absolute atomic E-state index is 12.7. The Kier molecular flexibility index (Phi) is 7.68. The number of rotatable bonds is 8. The van der Waals surface area contributed by atoms with Crippen molar-refractivity contribution in [2.24, 2.45) is 0 Å². The van der Waals surface area contributed by atoms with E-state index in [1.54, 1.807) is 43.5 Å². The highest BCUT2D eigenvalue weighted by Crippen LogP contribution is 2.28. The van der Waals surface area contributed by atoms with Crippen LogP contribution in [0.2, 0.25) is 0 Å². The Morgan fingerprint density at radius 3 is 2.41 bits per heavy atom. The lowest BCUT2D eigenvalue weighted by Crippen LogP contribution is -2.30. The van der Waals surface area contributed by atoms with E-state index in [2.05, 4.69) is 5.32 Å². The molecule has 1 atom stereocenters. The van der Waals surface area contributed by atoms with Gasteiger partial charge in [0.15, 0.2) is 11.5 Å². The molecule has 1 aromatic heterocycles. The number of carbonyl (C=O) groups is 2. The van der Waals surface area contributed by atoms with Crippen molar-refractivity contribution in [3.63, 3.8) is 0 Å². The van der Waals surface area contributed by atoms with Gasteiger partial charge < -0.3 is 23.9 Å². The zero-order valence-corrected chi connectivity index (χ0v) is 20.5. The average Bonchev–Trinajstić information content (AvgIpc) is 2.91. The molecule has 0 spiro atoms. The van der Waals surface area contributed by atoms with Gasteiger partial charge >= 0.3 is 11.6 Å². The van der Waals surface area contributed by atoms with Crippen LogP contribution in [-0.4, -0.2) is 26.1 Å². The van der Waals surface area contributed by atoms with Gasteiger partial charge in [-0.25, -0.2) is 9.59 Å². The minimum absolute atomic E-state index is 0.113. The third kappa shape index (κ3) is 6.05. The van der Waals surface area contributed by atoms with E-state index in [1.165, 1.54) is 25.3 Å². The summed E-state index contributed by atoms with van der Waals surface area (Å²) < 4.78 is 21.1. The molecule has 0 bridgehead atoms. The Morgan fingerprint density at radius 2 is 1.68 bits per heavy atom. The van der Waals surface area contributed by atoms with Crippen LogP contribution < -0.4 is 25.2 Å². The Balaban J connectivity index is 1.46. The molecule has 37 heavy (non-hydrogen) atoms. The van der Waals surface area contributed by atoms with Crippen molar-refractivity contribution < 1.29 is 28.2 Å². The van der Waals surface area contributed by atoms with E-state index in [-0.39, 0.29) is 22.9 Å². The van der Waals surface area contributed by atoms with Crippen LogP contribution in [0.3, 0.4) is 0 Å². The number of nitrogens with one attached hydrogen (secondary N) is 1. The quantitative estimate of drug-likeness (QED) is 0.159. The van der Waals surface area contributed by atoms with Crippen LogP contribution in [0, 0.1) is 0 Å². The largest absolute Gasteiger partial charge is 0.493 e. The Bertz CT molecular complexity index is 1520. The standard InChI is InChI=1S/C29H25NO7/c1-18(20-7-5-4-6-8-20)30-28(32)23-16-21-11-12-22(17-25(21)37-29(23)33)36-27(31)14-10-19-9-13-24(34-2)26(15-19)35-3/h4-18H,1-3H3,(H,30,32)/b14-10+. The highest BCUT2D eigenvalue weighted by Gasteiger charge is 2.17. The summed E-state index contributed by atoms with van der Waals surface area (Å²) >= 11 is 0. The van der Waals surface area contributed by atoms with Gasteiger partial charge in [0, 0.05) is 17.5 Å². The minimum Gasteiger partial charge on any atom is -0.493 e. The number of methoxy groups -OCH3 is 2. The molecular weight excluding hydrogens is 474 g/mol. The number of carbonyl (C=O) groups excluding carboxylic acids is 2. The normalized spacial score (nSPS) is 11.8. The second kappa shape index (κ2) is 11.3. The Morgan fingerprint density at radius 1 is 0.919 bits per heavy atom. The van der Waals surface area contributed by atoms with Crippen LogP contribution in [0.5, 0.6) is 17.2 Å². The first-order valence-corrected chi connectivity index (χ1v) is 11.4. The fourth-order valence-electron chi connectivity index (χ4n) is 3.68. The van der Waals surface area contributed by atoms with E-state index in [9.17, 15) is 14.4 Å². The molecule has 0 aliphatic heterocycles. The van der Waals surface area contributed by atoms with Gasteiger partial charge in [-0.2, -0.15) is 0 Å². The minimum atomic E-state index is -0.790. The van der Waals surface area contributed by atoms with Crippen molar-refractivity contribution in [1.82, 2.24) is 5.32 Å². The summed E-state index contributed by atoms with van der Waals surface area (Å²) in [6.45, 7) is 1.83. The molecule has 4 aromatic rings. The van der Waals surface area contributed by atoms with Crippen molar-refractivity contribution in [1.29, 1.82) is 0 Å². The average molecular weight is 500 g/mol. The molecule has 1 amide bonds. The summed E-state index contributed by atoms with van der Waals surface area (Å²) in [6.07, 6.45) is 2.84. The van der Waals surface area contributed by atoms with Crippen molar-refractivity contribution in [3.05, 3.63) is 106 Å². The number of hydrogen-bond acceptors (Lipinski definition) is 7. The summed E-state index contributed by atoms with van der Waals surface area (Å²) in [4.78, 5) is 37.5. The molecule has 0 aliphatic rings. The van der Waals surface area contributed by atoms with Gasteiger partial charge in [-0.1, -0.05) is 36.4 Å². The lowest BCUT2D eigenvalue weighted by Gasteiger charge is -2.14. The molecule has 1 unspecified atom stereocenters. The van der Waals surface area contributed by atoms with Gasteiger partial charge in [-0.15, -0.1) is 0 Å². The molecule has 1 heterocycles. The number of hydrogen-bond donors (Lipinski definition) is 1. The molecule has 188 valence electrons. The molecule has 0 aliphatic carbocycles. The first-order chi connectivity index (χ1) is 17.9. The summed E-state index contributed by atoms with van der Waals surface area (Å²) in [5.74, 6) is 0.133. The van der Waals surface area contributed by atoms with E-state index < -0.39 is 17.5 Å². The zero-order valence-electron chi connectivity index (χ0n) is 20.5. The fourth-order valence-corrected chi connectivity index (χ4v) is 3.68. The van der Waals surface area contributed by atoms with Crippen molar-refractivity contribution >= 4 is 28.9 Å². The lowest BCUT2D eigenvalue weighted by molar-refractivity contribution is -0.128. The molecule has 0 fully saturated rings. The molecular formula is C29H25NO7. The summed E-state index contributed by atoms with van der Waals surface area (Å²) in [5.41, 5.74) is 0.908. The van der Waals surface area contributed by atoms with Crippen LogP contribution in [0.1, 0.15) is 34.5 Å². The van der Waals surface area contributed by atoms with Crippen LogP contribution in [-0.2, 0) is 4.79 Å². The number of fused-ring (bicyclic) bond motifs is 1. The van der Waals surface area contributed by atoms with Gasteiger partial charge in [-0.05, 0) is 54.5 Å². The molecule has 4 rings (SSSR count). The molecule has 3 aromatic carbocycles. The van der Waals surface area contributed by atoms with Gasteiger partial charge in [-0.3, -0.25) is 4.79 Å². The first kappa shape index (κ1) is 25.2. The third-order valence-electron chi connectivity index (χ3n) is 5.64. The first-order valence-electron chi connectivity index (χ1n) is 11.4. The monoisotopic (exact) mass is 499 g/mol. The van der Waals surface area contributed by atoms with E-state index in [0.29, 0.717) is 22.4 Å². The van der Waals surface area contributed by atoms with E-state index in [4.69, 9.17) is 18.6 Å². The van der Waals surface area contributed by atoms with Gasteiger partial charge in [0.2, 0.25) is 0 Å². The number of esters is 1. The van der Waals surface area contributed by atoms with Gasteiger partial charge in [0.05, 0.1) is 20.3 Å². The van der Waals surface area contributed by atoms with E-state index in [0.717, 1.165) is 5.56 Å². The maximum atomic E-state index is 12.7. The van der Waals surface area contributed by atoms with Gasteiger partial charge in [0.1, 0.15) is 16.9 Å². The second-order valence-electron chi connectivity index (χ2n) is 8.12. The Hall–Kier alpha value is -4.85. The van der Waals surface area contributed by atoms with E-state index >= 15 is 0 Å². The van der Waals surface area contributed by atoms with Crippen molar-refractivity contribution in [2.45, 2.75) is 13.0 Å². The molecule has 0 radical (unpaired) electrons. The summed E-state index contributed by atoms with van der Waals surface area (Å²) in [5, 5.41) is 3.32. The summed E-state index contributed by atoms with van der Waals surface area (Å²) in [7, 11) is 3.07. The second-order valence-corrected chi connectivity index (χ2v) is 8.12. The van der Waals surface area contributed by atoms with Crippen LogP contribution in [0.15, 0.2) is 88.1 Å². The van der Waals surface area contributed by atoms with E-state index in [1.807, 2.05) is 37.3 Å². The number of ether oxygens (including phenoxy) is 3. The molecule has 0 saturated heterocycles. The zero-order chi connectivity index (χ0) is 26.4. The molecule has 0 saturated carbocycles. The lowest BCUT2D eigenvalue weighted by atomic mass is 10.1. The number of amides is 1. The highest BCUT2D eigenvalue weighted by atomic mass is 16.5. The van der Waals surface area contributed by atoms with Crippen LogP contribution in [0.4, 0.5) is 0 Å². The van der Waals surface area contributed by atoms with Crippen LogP contribution >= 0.6 is 0 Å². The fraction of sp³-hybridized carbons (Fsp3) is 0.138. The Labute approximate surface area is 213 Å². The van der Waals surface area contributed by atoms with Gasteiger partial charge in [0.25, 0.3) is 5.91 Å². The molecule has 8 nitrogen and oxygen atoms in total. The topological polar surface area (TPSA) is 104 Å². The smallest absolute Gasteiger partial charge is 0.349 e.